The molecule has 0 saturated heterocycles. The van der Waals surface area contributed by atoms with Gasteiger partial charge in [-0.25, -0.2) is 8.42 Å². The monoisotopic (exact) mass is 554 g/mol. The van der Waals surface area contributed by atoms with Gasteiger partial charge < -0.3 is 14.9 Å². The molecule has 1 unspecified atom stereocenters. The van der Waals surface area contributed by atoms with Gasteiger partial charge in [0, 0.05) is 11.8 Å². The van der Waals surface area contributed by atoms with Crippen LogP contribution in [0.1, 0.15) is 39.7 Å². The topological polar surface area (TPSA) is 143 Å². The Kier molecular flexibility index (Phi) is 6.80. The number of sulfonamides is 1. The molecule has 0 amide bonds. The Balaban J connectivity index is 1.89. The standard InChI is InChI=1S/C22H28N5O6PS2/c1-6-33-34(30)17-13-14(25-36(5,31)32)7-8-15(17)23-20(24-34)18-19(28)16-9-12-35-27(16)26(21(18)29)11-10-22(2,3)4/h7-9,12-13H,6,10-11H2,1-5H3,(H2,24,28,29,30)/p+1. The summed E-state index contributed by atoms with van der Waals surface area (Å²) in [5.41, 5.74) is 0.284. The lowest BCUT2D eigenvalue weighted by Gasteiger charge is -2.25. The molecule has 4 rings (SSSR count). The number of hydrogen-bond acceptors (Lipinski definition) is 8. The van der Waals surface area contributed by atoms with Gasteiger partial charge in [0.2, 0.25) is 15.8 Å². The average molecular weight is 555 g/mol. The maximum absolute atomic E-state index is 13.9. The van der Waals surface area contributed by atoms with Gasteiger partial charge in [-0.05, 0) is 40.9 Å². The van der Waals surface area contributed by atoms with E-state index in [1.807, 2.05) is 0 Å². The number of aromatic hydroxyl groups is 1. The van der Waals surface area contributed by atoms with E-state index in [0.29, 0.717) is 24.2 Å². The summed E-state index contributed by atoms with van der Waals surface area (Å²) in [6.45, 7) is 8.32. The van der Waals surface area contributed by atoms with Crippen molar-refractivity contribution in [3.63, 3.8) is 0 Å². The van der Waals surface area contributed by atoms with Gasteiger partial charge in [-0.3, -0.25) is 14.1 Å². The highest BCUT2D eigenvalue weighted by atomic mass is 32.2. The van der Waals surface area contributed by atoms with Crippen molar-refractivity contribution in [1.82, 2.24) is 4.68 Å². The van der Waals surface area contributed by atoms with Crippen molar-refractivity contribution in [1.29, 1.82) is 0 Å². The van der Waals surface area contributed by atoms with Crippen LogP contribution in [-0.4, -0.2) is 36.9 Å². The van der Waals surface area contributed by atoms with Crippen LogP contribution in [0.3, 0.4) is 0 Å². The van der Waals surface area contributed by atoms with E-state index in [-0.39, 0.29) is 40.2 Å². The lowest BCUT2D eigenvalue weighted by molar-refractivity contribution is -0.548. The Morgan fingerprint density at radius 2 is 2.03 bits per heavy atom. The molecule has 0 saturated carbocycles. The summed E-state index contributed by atoms with van der Waals surface area (Å²) >= 11 is 1.27. The van der Waals surface area contributed by atoms with Gasteiger partial charge in [-0.1, -0.05) is 25.5 Å². The molecule has 0 aliphatic carbocycles. The number of aromatic nitrogens is 2. The summed E-state index contributed by atoms with van der Waals surface area (Å²) in [6, 6.07) is 6.10. The second-order valence-electron chi connectivity index (χ2n) is 9.65. The summed E-state index contributed by atoms with van der Waals surface area (Å²) in [7, 11) is -7.50. The van der Waals surface area contributed by atoms with Gasteiger partial charge in [-0.2, -0.15) is 4.76 Å². The third-order valence-electron chi connectivity index (χ3n) is 5.44. The first-order valence-electron chi connectivity index (χ1n) is 11.2. The fourth-order valence-electron chi connectivity index (χ4n) is 3.79. The maximum Gasteiger partial charge on any atom is 0.348 e. The highest BCUT2D eigenvalue weighted by molar-refractivity contribution is 7.92. The normalized spacial score (nSPS) is 18.0. The largest absolute Gasteiger partial charge is 0.501 e. The summed E-state index contributed by atoms with van der Waals surface area (Å²) in [4.78, 5) is 13.7. The van der Waals surface area contributed by atoms with Gasteiger partial charge in [0.25, 0.3) is 5.52 Å². The zero-order valence-corrected chi connectivity index (χ0v) is 23.1. The molecule has 0 radical (unpaired) electrons. The van der Waals surface area contributed by atoms with Gasteiger partial charge in [-0.15, -0.1) is 0 Å². The van der Waals surface area contributed by atoms with Crippen LogP contribution in [0.2, 0.25) is 0 Å². The minimum absolute atomic E-state index is 0.0381. The van der Waals surface area contributed by atoms with E-state index >= 15 is 0 Å². The van der Waals surface area contributed by atoms with E-state index in [4.69, 9.17) is 4.52 Å². The quantitative estimate of drug-likeness (QED) is 0.301. The summed E-state index contributed by atoms with van der Waals surface area (Å²) in [6.07, 6.45) is 1.71. The number of aryl methyl sites for hydroxylation is 1. The zero-order valence-electron chi connectivity index (χ0n) is 20.6. The smallest absolute Gasteiger partial charge is 0.348 e. The van der Waals surface area contributed by atoms with Crippen molar-refractivity contribution >= 4 is 57.1 Å². The highest BCUT2D eigenvalue weighted by Gasteiger charge is 2.37. The van der Waals surface area contributed by atoms with Crippen LogP contribution in [0, 0.1) is 5.41 Å². The first-order valence-corrected chi connectivity index (χ1v) is 15.5. The lowest BCUT2D eigenvalue weighted by atomic mass is 9.92. The molecule has 194 valence electrons. The van der Waals surface area contributed by atoms with Gasteiger partial charge in [0.15, 0.2) is 17.4 Å². The van der Waals surface area contributed by atoms with E-state index < -0.39 is 23.1 Å². The van der Waals surface area contributed by atoms with E-state index in [2.05, 4.69) is 35.6 Å². The molecule has 1 aliphatic heterocycles. The molecule has 11 nitrogen and oxygen atoms in total. The van der Waals surface area contributed by atoms with Crippen molar-refractivity contribution in [3.8, 4) is 5.75 Å². The molecular weight excluding hydrogens is 525 g/mol. The molecule has 3 N–H and O–H groups in total. The number of fused-ring (bicyclic) bond motifs is 2. The van der Waals surface area contributed by atoms with Gasteiger partial charge >= 0.3 is 13.1 Å². The highest BCUT2D eigenvalue weighted by Crippen LogP contribution is 2.52. The molecule has 14 heteroatoms. The second-order valence-corrected chi connectivity index (χ2v) is 14.2. The molecule has 0 bridgehead atoms. The first-order chi connectivity index (χ1) is 16.7. The van der Waals surface area contributed by atoms with Crippen LogP contribution >= 0.6 is 19.1 Å². The minimum atomic E-state index is -3.93. The van der Waals surface area contributed by atoms with Crippen molar-refractivity contribution in [2.45, 2.75) is 40.7 Å². The molecule has 36 heavy (non-hydrogen) atoms. The van der Waals surface area contributed by atoms with Gasteiger partial charge in [0.05, 0.1) is 35.8 Å². The molecule has 3 heterocycles. The van der Waals surface area contributed by atoms with E-state index in [1.165, 1.54) is 34.4 Å². The SMILES string of the molecule is CCOP1(=O)N=C(c2c(O)c3ccs[n+]3n(CCC(C)(C)C)c2=O)Nc2ccc(NS(C)(=O)=O)cc21. The molecule has 2 aromatic heterocycles. The summed E-state index contributed by atoms with van der Waals surface area (Å²) in [5, 5.41) is 16.0. The predicted octanol–water partition coefficient (Wildman–Crippen LogP) is 2.89. The second kappa shape index (κ2) is 9.29. The Labute approximate surface area is 213 Å². The van der Waals surface area contributed by atoms with Crippen molar-refractivity contribution in [2.75, 3.05) is 22.9 Å². The van der Waals surface area contributed by atoms with Crippen LogP contribution in [-0.2, 0) is 25.7 Å². The fraction of sp³-hybridized carbons (Fsp3) is 0.409. The van der Waals surface area contributed by atoms with Crippen molar-refractivity contribution < 1.29 is 26.5 Å². The summed E-state index contributed by atoms with van der Waals surface area (Å²) in [5.74, 6) is -0.370. The fourth-order valence-corrected chi connectivity index (χ4v) is 6.99. The summed E-state index contributed by atoms with van der Waals surface area (Å²) < 4.78 is 52.7. The Morgan fingerprint density at radius 3 is 2.67 bits per heavy atom. The zero-order chi connectivity index (χ0) is 26.5. The number of rotatable bonds is 7. The van der Waals surface area contributed by atoms with Crippen LogP contribution in [0.15, 0.2) is 39.2 Å². The molecule has 1 aromatic carbocycles. The molecular formula is C22H29N5O6PS2+. The number of anilines is 2. The lowest BCUT2D eigenvalue weighted by Crippen LogP contribution is -2.45. The molecule has 0 spiro atoms. The Morgan fingerprint density at radius 1 is 1.31 bits per heavy atom. The van der Waals surface area contributed by atoms with Gasteiger partial charge in [0.1, 0.15) is 5.56 Å². The van der Waals surface area contributed by atoms with Crippen LogP contribution < -0.4 is 24.8 Å². The van der Waals surface area contributed by atoms with E-state index in [9.17, 15) is 22.9 Å². The number of benzene rings is 1. The third-order valence-corrected chi connectivity index (χ3v) is 8.95. The Bertz CT molecular complexity index is 1590. The van der Waals surface area contributed by atoms with Crippen LogP contribution in [0.4, 0.5) is 11.4 Å². The number of nitrogens with zero attached hydrogens (tertiary/aromatic N) is 3. The first kappa shape index (κ1) is 26.3. The van der Waals surface area contributed by atoms with Crippen LogP contribution in [0.5, 0.6) is 5.75 Å². The van der Waals surface area contributed by atoms with Crippen molar-refractivity contribution in [3.05, 3.63) is 45.6 Å². The number of amidine groups is 1. The Hall–Kier alpha value is -2.73. The average Bonchev–Trinajstić information content (AvgIpc) is 3.22. The molecule has 1 atom stereocenters. The van der Waals surface area contributed by atoms with E-state index in [0.717, 1.165) is 6.26 Å². The molecule has 3 aromatic rings. The maximum atomic E-state index is 13.9. The minimum Gasteiger partial charge on any atom is -0.501 e. The number of hydrogen-bond donors (Lipinski definition) is 3. The molecule has 1 aliphatic rings. The van der Waals surface area contributed by atoms with Crippen LogP contribution in [0.25, 0.3) is 5.52 Å². The predicted molar refractivity (Wildman–Crippen MR) is 141 cm³/mol. The number of nitrogens with one attached hydrogen (secondary N) is 2. The van der Waals surface area contributed by atoms with Crippen molar-refractivity contribution in [2.24, 2.45) is 10.2 Å². The molecule has 0 fully saturated rings. The van der Waals surface area contributed by atoms with E-state index in [1.54, 1.807) is 22.3 Å². The third kappa shape index (κ3) is 5.19.